The van der Waals surface area contributed by atoms with Gasteiger partial charge < -0.3 is 9.84 Å². The highest BCUT2D eigenvalue weighted by Crippen LogP contribution is 2.11. The van der Waals surface area contributed by atoms with Crippen LogP contribution in [0.1, 0.15) is 13.8 Å². The molecule has 2 N–H and O–H groups in total. The summed E-state index contributed by atoms with van der Waals surface area (Å²) in [4.78, 5) is 10.4. The van der Waals surface area contributed by atoms with Crippen LogP contribution in [-0.4, -0.2) is 30.0 Å². The molecule has 4 heteroatoms. The molecule has 1 fully saturated rings. The first kappa shape index (κ1) is 8.49. The predicted molar refractivity (Wildman–Crippen MR) is 39.1 cm³/mol. The van der Waals surface area contributed by atoms with Crippen LogP contribution < -0.4 is 5.32 Å². The Labute approximate surface area is 65.5 Å². The maximum absolute atomic E-state index is 10.4. The Morgan fingerprint density at radius 3 is 2.64 bits per heavy atom. The molecular weight excluding hydrogens is 146 g/mol. The molecule has 4 nitrogen and oxygen atoms in total. The topological polar surface area (TPSA) is 58.6 Å². The van der Waals surface area contributed by atoms with Crippen LogP contribution >= 0.6 is 0 Å². The summed E-state index contributed by atoms with van der Waals surface area (Å²) in [6.07, 6.45) is -0.101. The Hall–Kier alpha value is -0.610. The molecule has 0 amide bonds. The van der Waals surface area contributed by atoms with Gasteiger partial charge in [0.25, 0.3) is 0 Å². The Bertz CT molecular complexity index is 158. The summed E-state index contributed by atoms with van der Waals surface area (Å²) < 4.78 is 5.20. The predicted octanol–water partition coefficient (Wildman–Crippen LogP) is 0.0415. The van der Waals surface area contributed by atoms with Gasteiger partial charge in [-0.15, -0.1) is 0 Å². The summed E-state index contributed by atoms with van der Waals surface area (Å²) in [6, 6.07) is -0.526. The van der Waals surface area contributed by atoms with Crippen LogP contribution in [-0.2, 0) is 9.53 Å². The third-order valence-corrected chi connectivity index (χ3v) is 1.71. The number of hydrogen-bond donors (Lipinski definition) is 2. The summed E-state index contributed by atoms with van der Waals surface area (Å²) in [5.41, 5.74) is 0. The van der Waals surface area contributed by atoms with Gasteiger partial charge >= 0.3 is 5.97 Å². The second-order valence-corrected chi connectivity index (χ2v) is 3.06. The number of hydrogen-bond acceptors (Lipinski definition) is 3. The molecule has 0 bridgehead atoms. The molecule has 1 aliphatic rings. The molecule has 0 aromatic carbocycles. The van der Waals surface area contributed by atoms with Crippen LogP contribution in [0.3, 0.4) is 0 Å². The zero-order chi connectivity index (χ0) is 8.43. The third kappa shape index (κ3) is 1.91. The lowest BCUT2D eigenvalue weighted by Crippen LogP contribution is -2.38. The van der Waals surface area contributed by atoms with Crippen molar-refractivity contribution in [3.8, 4) is 0 Å². The van der Waals surface area contributed by atoms with Gasteiger partial charge in [-0.2, -0.15) is 0 Å². The maximum atomic E-state index is 10.4. The number of carboxylic acid groups (broad SMARTS) is 1. The first-order chi connectivity index (χ1) is 5.11. The van der Waals surface area contributed by atoms with Crippen LogP contribution in [0.15, 0.2) is 0 Å². The second kappa shape index (κ2) is 3.19. The zero-order valence-corrected chi connectivity index (χ0v) is 6.70. The van der Waals surface area contributed by atoms with E-state index < -0.39 is 12.0 Å². The standard InChI is InChI=1S/C7H13NO3/c1-4(2)6-8-5(3-11-6)7(9)10/h4-6,8H,3H2,1-2H3,(H,9,10)/t5-,6?/m0/s1. The summed E-state index contributed by atoms with van der Waals surface area (Å²) in [6.45, 7) is 4.25. The average molecular weight is 159 g/mol. The van der Waals surface area contributed by atoms with Crippen molar-refractivity contribution >= 4 is 5.97 Å². The molecule has 0 radical (unpaired) electrons. The molecule has 0 aromatic heterocycles. The van der Waals surface area contributed by atoms with E-state index in [4.69, 9.17) is 9.84 Å². The van der Waals surface area contributed by atoms with Crippen LogP contribution in [0.4, 0.5) is 0 Å². The highest BCUT2D eigenvalue weighted by molar-refractivity contribution is 5.73. The number of carbonyl (C=O) groups is 1. The van der Waals surface area contributed by atoms with Crippen molar-refractivity contribution in [2.24, 2.45) is 5.92 Å². The molecule has 11 heavy (non-hydrogen) atoms. The van der Waals surface area contributed by atoms with Crippen molar-refractivity contribution in [1.82, 2.24) is 5.32 Å². The van der Waals surface area contributed by atoms with E-state index in [1.54, 1.807) is 0 Å². The Balaban J connectivity index is 2.41. The lowest BCUT2D eigenvalue weighted by atomic mass is 10.2. The number of nitrogens with one attached hydrogen (secondary N) is 1. The maximum Gasteiger partial charge on any atom is 0.323 e. The van der Waals surface area contributed by atoms with Gasteiger partial charge in [-0.1, -0.05) is 13.8 Å². The summed E-state index contributed by atoms with van der Waals surface area (Å²) in [5, 5.41) is 11.4. The Morgan fingerprint density at radius 2 is 2.36 bits per heavy atom. The van der Waals surface area contributed by atoms with E-state index in [1.165, 1.54) is 0 Å². The summed E-state index contributed by atoms with van der Waals surface area (Å²) >= 11 is 0. The quantitative estimate of drug-likeness (QED) is 0.597. The normalized spacial score (nSPS) is 31.2. The third-order valence-electron chi connectivity index (χ3n) is 1.71. The van der Waals surface area contributed by atoms with Crippen LogP contribution in [0.2, 0.25) is 0 Å². The molecule has 64 valence electrons. The van der Waals surface area contributed by atoms with E-state index in [0.29, 0.717) is 5.92 Å². The molecule has 2 atom stereocenters. The van der Waals surface area contributed by atoms with Crippen molar-refractivity contribution < 1.29 is 14.6 Å². The van der Waals surface area contributed by atoms with Gasteiger partial charge in [0.05, 0.1) is 6.61 Å². The number of carboxylic acids is 1. The van der Waals surface area contributed by atoms with E-state index in [9.17, 15) is 4.79 Å². The smallest absolute Gasteiger partial charge is 0.323 e. The molecule has 0 aliphatic carbocycles. The monoisotopic (exact) mass is 159 g/mol. The molecule has 0 spiro atoms. The summed E-state index contributed by atoms with van der Waals surface area (Å²) in [7, 11) is 0. The van der Waals surface area contributed by atoms with Gasteiger partial charge in [0.15, 0.2) is 0 Å². The van der Waals surface area contributed by atoms with Gasteiger partial charge in [-0.3, -0.25) is 10.1 Å². The molecular formula is C7H13NO3. The van der Waals surface area contributed by atoms with Crippen molar-refractivity contribution in [3.05, 3.63) is 0 Å². The van der Waals surface area contributed by atoms with E-state index in [0.717, 1.165) is 0 Å². The minimum absolute atomic E-state index is 0.101. The first-order valence-corrected chi connectivity index (χ1v) is 3.71. The molecule has 1 saturated heterocycles. The molecule has 0 aromatic rings. The number of aliphatic carboxylic acids is 1. The second-order valence-electron chi connectivity index (χ2n) is 3.06. The number of rotatable bonds is 2. The molecule has 1 rings (SSSR count). The SMILES string of the molecule is CC(C)C1N[C@H](C(=O)O)CO1. The lowest BCUT2D eigenvalue weighted by molar-refractivity contribution is -0.139. The van der Waals surface area contributed by atoms with E-state index in [1.807, 2.05) is 13.8 Å². The van der Waals surface area contributed by atoms with E-state index in [2.05, 4.69) is 5.32 Å². The minimum atomic E-state index is -0.840. The highest BCUT2D eigenvalue weighted by Gasteiger charge is 2.30. The summed E-state index contributed by atoms with van der Waals surface area (Å²) in [5.74, 6) is -0.521. The van der Waals surface area contributed by atoms with Gasteiger partial charge in [-0.25, -0.2) is 0 Å². The van der Waals surface area contributed by atoms with Crippen molar-refractivity contribution in [1.29, 1.82) is 0 Å². The minimum Gasteiger partial charge on any atom is -0.480 e. The van der Waals surface area contributed by atoms with Gasteiger partial charge in [0.2, 0.25) is 0 Å². The fraction of sp³-hybridized carbons (Fsp3) is 0.857. The van der Waals surface area contributed by atoms with Crippen molar-refractivity contribution in [2.75, 3.05) is 6.61 Å². The van der Waals surface area contributed by atoms with E-state index in [-0.39, 0.29) is 12.8 Å². The van der Waals surface area contributed by atoms with Gasteiger partial charge in [0, 0.05) is 0 Å². The largest absolute Gasteiger partial charge is 0.480 e. The van der Waals surface area contributed by atoms with Gasteiger partial charge in [0.1, 0.15) is 12.3 Å². The highest BCUT2D eigenvalue weighted by atomic mass is 16.5. The number of ether oxygens (including phenoxy) is 1. The first-order valence-electron chi connectivity index (χ1n) is 3.71. The van der Waals surface area contributed by atoms with Crippen LogP contribution in [0, 0.1) is 5.92 Å². The van der Waals surface area contributed by atoms with Gasteiger partial charge in [-0.05, 0) is 5.92 Å². The molecule has 1 heterocycles. The Morgan fingerprint density at radius 1 is 1.73 bits per heavy atom. The lowest BCUT2D eigenvalue weighted by Gasteiger charge is -2.13. The molecule has 1 aliphatic heterocycles. The Kier molecular flexibility index (Phi) is 2.46. The average Bonchev–Trinajstić information content (AvgIpc) is 2.33. The van der Waals surface area contributed by atoms with Crippen molar-refractivity contribution in [3.63, 3.8) is 0 Å². The van der Waals surface area contributed by atoms with Crippen LogP contribution in [0.25, 0.3) is 0 Å². The molecule has 0 saturated carbocycles. The molecule has 1 unspecified atom stereocenters. The fourth-order valence-electron chi connectivity index (χ4n) is 1.02. The van der Waals surface area contributed by atoms with Crippen LogP contribution in [0.5, 0.6) is 0 Å². The van der Waals surface area contributed by atoms with Crippen molar-refractivity contribution in [2.45, 2.75) is 26.1 Å². The van der Waals surface area contributed by atoms with E-state index >= 15 is 0 Å². The fourth-order valence-corrected chi connectivity index (χ4v) is 1.02. The zero-order valence-electron chi connectivity index (χ0n) is 6.70.